The lowest BCUT2D eigenvalue weighted by Gasteiger charge is -2.34. The zero-order valence-corrected chi connectivity index (χ0v) is 11.8. The van der Waals surface area contributed by atoms with Gasteiger partial charge in [0.25, 0.3) is 0 Å². The maximum Gasteiger partial charge on any atom is 0.147 e. The van der Waals surface area contributed by atoms with Gasteiger partial charge in [0.1, 0.15) is 5.82 Å². The second-order valence-corrected chi connectivity index (χ2v) is 5.37. The minimum absolute atomic E-state index is 0.711. The van der Waals surface area contributed by atoms with Crippen LogP contribution in [0.15, 0.2) is 18.3 Å². The molecule has 0 aromatic carbocycles. The standard InChI is InChI=1S/C14H22ClN3/c1-2-7-16-10-12-5-4-9-18(11-12)14-13(15)6-3-8-17-14/h3,6,8,12,16H,2,4-5,7,9-11H2,1H3. The van der Waals surface area contributed by atoms with Gasteiger partial charge in [0, 0.05) is 19.3 Å². The van der Waals surface area contributed by atoms with E-state index in [-0.39, 0.29) is 0 Å². The van der Waals surface area contributed by atoms with Crippen LogP contribution in [0.1, 0.15) is 26.2 Å². The maximum absolute atomic E-state index is 6.21. The summed E-state index contributed by atoms with van der Waals surface area (Å²) >= 11 is 6.21. The summed E-state index contributed by atoms with van der Waals surface area (Å²) in [4.78, 5) is 6.73. The van der Waals surface area contributed by atoms with Crippen LogP contribution in [-0.4, -0.2) is 31.2 Å². The summed E-state index contributed by atoms with van der Waals surface area (Å²) in [5, 5.41) is 4.27. The Kier molecular flexibility index (Phi) is 5.26. The Morgan fingerprint density at radius 3 is 3.22 bits per heavy atom. The van der Waals surface area contributed by atoms with Crippen molar-refractivity contribution in [1.29, 1.82) is 0 Å². The molecule has 1 aromatic rings. The van der Waals surface area contributed by atoms with Crippen LogP contribution in [0.3, 0.4) is 0 Å². The largest absolute Gasteiger partial charge is 0.355 e. The van der Waals surface area contributed by atoms with Crippen LogP contribution in [0.5, 0.6) is 0 Å². The van der Waals surface area contributed by atoms with Gasteiger partial charge in [-0.1, -0.05) is 18.5 Å². The van der Waals surface area contributed by atoms with Gasteiger partial charge in [0.15, 0.2) is 0 Å². The number of anilines is 1. The summed E-state index contributed by atoms with van der Waals surface area (Å²) < 4.78 is 0. The highest BCUT2D eigenvalue weighted by molar-refractivity contribution is 6.32. The van der Waals surface area contributed by atoms with E-state index in [2.05, 4.69) is 22.1 Å². The number of rotatable bonds is 5. The molecule has 3 nitrogen and oxygen atoms in total. The average molecular weight is 268 g/mol. The van der Waals surface area contributed by atoms with Crippen molar-refractivity contribution < 1.29 is 0 Å². The predicted molar refractivity (Wildman–Crippen MR) is 77.3 cm³/mol. The first-order valence-electron chi connectivity index (χ1n) is 6.87. The summed E-state index contributed by atoms with van der Waals surface area (Å²) in [5.41, 5.74) is 0. The molecule has 0 amide bonds. The summed E-state index contributed by atoms with van der Waals surface area (Å²) in [6, 6.07) is 3.80. The number of nitrogens with one attached hydrogen (secondary N) is 1. The molecule has 1 atom stereocenters. The molecule has 4 heteroatoms. The van der Waals surface area contributed by atoms with E-state index in [4.69, 9.17) is 11.6 Å². The summed E-state index contributed by atoms with van der Waals surface area (Å²) in [6.45, 7) is 6.55. The number of nitrogens with zero attached hydrogens (tertiary/aromatic N) is 2. The molecule has 2 rings (SSSR count). The molecule has 1 fully saturated rings. The molecular formula is C14H22ClN3. The van der Waals surface area contributed by atoms with Crippen molar-refractivity contribution in [2.45, 2.75) is 26.2 Å². The molecule has 0 aliphatic carbocycles. The van der Waals surface area contributed by atoms with Crippen LogP contribution in [0, 0.1) is 5.92 Å². The van der Waals surface area contributed by atoms with E-state index in [1.54, 1.807) is 0 Å². The zero-order chi connectivity index (χ0) is 12.8. The van der Waals surface area contributed by atoms with E-state index in [9.17, 15) is 0 Å². The number of pyridine rings is 1. The Bertz CT molecular complexity index is 370. The van der Waals surface area contributed by atoms with Crippen molar-refractivity contribution in [2.75, 3.05) is 31.1 Å². The molecule has 1 aromatic heterocycles. The lowest BCUT2D eigenvalue weighted by atomic mass is 9.98. The Morgan fingerprint density at radius 2 is 2.44 bits per heavy atom. The van der Waals surface area contributed by atoms with E-state index in [0.717, 1.165) is 37.0 Å². The number of aromatic nitrogens is 1. The van der Waals surface area contributed by atoms with Gasteiger partial charge in [-0.25, -0.2) is 4.98 Å². The minimum atomic E-state index is 0.711. The molecule has 0 spiro atoms. The maximum atomic E-state index is 6.21. The van der Waals surface area contributed by atoms with E-state index in [1.807, 2.05) is 18.3 Å². The van der Waals surface area contributed by atoms with Crippen LogP contribution < -0.4 is 10.2 Å². The molecule has 0 radical (unpaired) electrons. The normalized spacial score (nSPS) is 20.1. The molecule has 1 N–H and O–H groups in total. The first kappa shape index (κ1) is 13.6. The number of halogens is 1. The van der Waals surface area contributed by atoms with Crippen LogP contribution in [0.2, 0.25) is 5.02 Å². The first-order chi connectivity index (χ1) is 8.81. The van der Waals surface area contributed by atoms with Gasteiger partial charge >= 0.3 is 0 Å². The molecule has 100 valence electrons. The number of hydrogen-bond donors (Lipinski definition) is 1. The molecule has 1 aliphatic rings. The highest BCUT2D eigenvalue weighted by Gasteiger charge is 2.21. The molecule has 1 unspecified atom stereocenters. The van der Waals surface area contributed by atoms with Crippen LogP contribution in [0.4, 0.5) is 5.82 Å². The molecule has 2 heterocycles. The minimum Gasteiger partial charge on any atom is -0.355 e. The molecule has 0 saturated carbocycles. The van der Waals surface area contributed by atoms with E-state index in [1.165, 1.54) is 19.3 Å². The Labute approximate surface area is 115 Å². The van der Waals surface area contributed by atoms with Gasteiger partial charge in [0.05, 0.1) is 5.02 Å². The monoisotopic (exact) mass is 267 g/mol. The Balaban J connectivity index is 1.92. The van der Waals surface area contributed by atoms with Gasteiger partial charge in [-0.05, 0) is 50.4 Å². The topological polar surface area (TPSA) is 28.2 Å². The quantitative estimate of drug-likeness (QED) is 0.832. The smallest absolute Gasteiger partial charge is 0.147 e. The third-order valence-electron chi connectivity index (χ3n) is 3.42. The van der Waals surface area contributed by atoms with Crippen molar-refractivity contribution in [3.05, 3.63) is 23.4 Å². The van der Waals surface area contributed by atoms with Crippen molar-refractivity contribution >= 4 is 17.4 Å². The molecule has 1 aliphatic heterocycles. The summed E-state index contributed by atoms with van der Waals surface area (Å²) in [7, 11) is 0. The average Bonchev–Trinajstić information content (AvgIpc) is 2.40. The van der Waals surface area contributed by atoms with Crippen molar-refractivity contribution in [1.82, 2.24) is 10.3 Å². The molecule has 0 bridgehead atoms. The van der Waals surface area contributed by atoms with Crippen LogP contribution in [-0.2, 0) is 0 Å². The fourth-order valence-corrected chi connectivity index (χ4v) is 2.76. The SMILES string of the molecule is CCCNCC1CCCN(c2ncccc2Cl)C1. The Hall–Kier alpha value is -0.800. The summed E-state index contributed by atoms with van der Waals surface area (Å²) in [5.74, 6) is 1.66. The number of hydrogen-bond acceptors (Lipinski definition) is 3. The third-order valence-corrected chi connectivity index (χ3v) is 3.71. The first-order valence-corrected chi connectivity index (χ1v) is 7.25. The second kappa shape index (κ2) is 6.95. The fourth-order valence-electron chi connectivity index (χ4n) is 2.52. The number of piperidine rings is 1. The van der Waals surface area contributed by atoms with E-state index < -0.39 is 0 Å². The molecular weight excluding hydrogens is 246 g/mol. The van der Waals surface area contributed by atoms with Gasteiger partial charge in [-0.15, -0.1) is 0 Å². The second-order valence-electron chi connectivity index (χ2n) is 4.97. The zero-order valence-electron chi connectivity index (χ0n) is 11.0. The Morgan fingerprint density at radius 1 is 1.56 bits per heavy atom. The predicted octanol–water partition coefficient (Wildman–Crippen LogP) is 2.95. The van der Waals surface area contributed by atoms with Gasteiger partial charge in [0.2, 0.25) is 0 Å². The van der Waals surface area contributed by atoms with Gasteiger partial charge in [-0.3, -0.25) is 0 Å². The summed E-state index contributed by atoms with van der Waals surface area (Å²) in [6.07, 6.45) is 5.55. The third kappa shape index (κ3) is 3.59. The van der Waals surface area contributed by atoms with Crippen molar-refractivity contribution in [3.8, 4) is 0 Å². The van der Waals surface area contributed by atoms with Crippen LogP contribution in [0.25, 0.3) is 0 Å². The highest BCUT2D eigenvalue weighted by atomic mass is 35.5. The fraction of sp³-hybridized carbons (Fsp3) is 0.643. The molecule has 1 saturated heterocycles. The van der Waals surface area contributed by atoms with E-state index >= 15 is 0 Å². The van der Waals surface area contributed by atoms with Crippen molar-refractivity contribution in [3.63, 3.8) is 0 Å². The van der Waals surface area contributed by atoms with Gasteiger partial charge < -0.3 is 10.2 Å². The highest BCUT2D eigenvalue weighted by Crippen LogP contribution is 2.27. The lowest BCUT2D eigenvalue weighted by molar-refractivity contribution is 0.391. The van der Waals surface area contributed by atoms with Crippen LogP contribution >= 0.6 is 11.6 Å². The van der Waals surface area contributed by atoms with E-state index in [0.29, 0.717) is 5.92 Å². The molecule has 18 heavy (non-hydrogen) atoms. The van der Waals surface area contributed by atoms with Crippen molar-refractivity contribution in [2.24, 2.45) is 5.92 Å². The lowest BCUT2D eigenvalue weighted by Crippen LogP contribution is -2.40. The van der Waals surface area contributed by atoms with Gasteiger partial charge in [-0.2, -0.15) is 0 Å².